The van der Waals surface area contributed by atoms with Gasteiger partial charge in [-0.25, -0.2) is 38.7 Å². The van der Waals surface area contributed by atoms with Gasteiger partial charge in [0.15, 0.2) is 5.78 Å². The number of benzene rings is 12. The molecule has 0 atom stereocenters. The van der Waals surface area contributed by atoms with Gasteiger partial charge in [-0.2, -0.15) is 0 Å². The fourth-order valence-corrected chi connectivity index (χ4v) is 14.0. The molecule has 0 spiro atoms. The van der Waals surface area contributed by atoms with Gasteiger partial charge in [-0.3, -0.25) is 14.4 Å². The van der Waals surface area contributed by atoms with Gasteiger partial charge in [0.2, 0.25) is 11.8 Å². The van der Waals surface area contributed by atoms with E-state index in [0.717, 1.165) is 90.3 Å². The summed E-state index contributed by atoms with van der Waals surface area (Å²) in [5.74, 6) is -1.59. The number of hydrogen-bond donors (Lipinski definition) is 10. The molecule has 12 aromatic carbocycles. The molecule has 2 aromatic heterocycles. The average Bonchev–Trinajstić information content (AvgIpc) is 0.810. The van der Waals surface area contributed by atoms with E-state index in [1.54, 1.807) is 110 Å². The summed E-state index contributed by atoms with van der Waals surface area (Å²) in [5, 5.41) is 67.1. The number of phenolic OH excluding ortho intramolecular Hbond substituents is 1. The van der Waals surface area contributed by atoms with Gasteiger partial charge in [0.05, 0.1) is 93.7 Å². The van der Waals surface area contributed by atoms with Crippen LogP contribution in [0.5, 0.6) is 40.5 Å². The predicted molar refractivity (Wildman–Crippen MR) is 555 cm³/mol. The maximum absolute atomic E-state index is 13.1. The molecular formula is C112H128LiN7O25. The fourth-order valence-electron chi connectivity index (χ4n) is 14.0. The van der Waals surface area contributed by atoms with Crippen LogP contribution < -0.4 is 74.3 Å². The Morgan fingerprint density at radius 3 is 1.02 bits per heavy atom. The van der Waals surface area contributed by atoms with Crippen molar-refractivity contribution >= 4 is 129 Å². The van der Waals surface area contributed by atoms with Gasteiger partial charge >= 0.3 is 54.9 Å². The monoisotopic (exact) mass is 1980 g/mol. The number of carboxylic acids is 2. The summed E-state index contributed by atoms with van der Waals surface area (Å²) in [6.07, 6.45) is 4.65. The normalized spacial score (nSPS) is 10.7. The Labute approximate surface area is 854 Å². The summed E-state index contributed by atoms with van der Waals surface area (Å²) in [6.45, 7) is 22.5. The number of rotatable bonds is 39. The van der Waals surface area contributed by atoms with Crippen LogP contribution in [-0.2, 0) is 18.9 Å². The second-order valence-electron chi connectivity index (χ2n) is 34.3. The number of phenols is 1. The topological polar surface area (TPSA) is 477 Å². The van der Waals surface area contributed by atoms with Crippen molar-refractivity contribution in [2.45, 2.75) is 132 Å². The molecule has 32 nitrogen and oxygen atoms in total. The number of Topliss-reactive ketones (excluding diaryl/α,β-unsaturated/α-hetero) is 1. The predicted octanol–water partition coefficient (Wildman–Crippen LogP) is 17.0. The molecule has 145 heavy (non-hydrogen) atoms. The number of aromatic nitrogens is 2. The number of nitrogens with one attached hydrogen (secondary N) is 4. The fraction of sp³-hybridized carbons (Fsp3) is 0.312. The van der Waals surface area contributed by atoms with E-state index in [-0.39, 0.29) is 141 Å². The van der Waals surface area contributed by atoms with E-state index in [0.29, 0.717) is 116 Å². The molecule has 0 fully saturated rings. The van der Waals surface area contributed by atoms with Crippen molar-refractivity contribution in [2.75, 3.05) is 98.8 Å². The molecule has 14 rings (SSSR count). The van der Waals surface area contributed by atoms with Crippen molar-refractivity contribution in [2.24, 2.45) is 5.73 Å². The minimum Gasteiger partial charge on any atom is -0.870 e. The number of aromatic hydroxyl groups is 1. The Kier molecular flexibility index (Phi) is 48.6. The van der Waals surface area contributed by atoms with Gasteiger partial charge in [0, 0.05) is 43.4 Å². The van der Waals surface area contributed by atoms with Gasteiger partial charge in [-0.1, -0.05) is 184 Å². The molecule has 2 heterocycles. The van der Waals surface area contributed by atoms with E-state index in [2.05, 4.69) is 45.1 Å². The number of aliphatic hydroxyl groups excluding tert-OH is 2. The first-order chi connectivity index (χ1) is 68.9. The van der Waals surface area contributed by atoms with Gasteiger partial charge in [0.25, 0.3) is 11.8 Å². The molecule has 0 radical (unpaired) electrons. The number of aromatic carboxylic acids is 2. The number of nitrogens with zero attached hydrogens (tertiary/aromatic N) is 2. The summed E-state index contributed by atoms with van der Waals surface area (Å²) in [5.41, 5.74) is 7.09. The molecule has 0 saturated heterocycles. The Balaban J connectivity index is 0.000000247. The van der Waals surface area contributed by atoms with Crippen molar-refractivity contribution in [1.29, 1.82) is 0 Å². The summed E-state index contributed by atoms with van der Waals surface area (Å²) >= 11 is 0. The van der Waals surface area contributed by atoms with E-state index >= 15 is 0 Å². The number of ketones is 1. The van der Waals surface area contributed by atoms with Gasteiger partial charge < -0.3 is 105 Å². The molecule has 14 aromatic rings. The van der Waals surface area contributed by atoms with E-state index in [1.807, 2.05) is 188 Å². The van der Waals surface area contributed by atoms with Crippen molar-refractivity contribution in [3.05, 3.63) is 282 Å². The Hall–Kier alpha value is -15.2. The van der Waals surface area contributed by atoms with Gasteiger partial charge in [-0.15, -0.1) is 0 Å². The number of pyridine rings is 2. The number of aliphatic hydroxyl groups is 2. The smallest absolute Gasteiger partial charge is 0.870 e. The number of unbranched alkanes of at least 4 members (excludes halogenated alkanes) is 2. The second-order valence-corrected chi connectivity index (χ2v) is 34.3. The number of hydrogen-bond acceptors (Lipinski definition) is 26. The van der Waals surface area contributed by atoms with E-state index in [4.69, 9.17) is 63.3 Å². The SMILES string of the molecule is CC(C)(C)OC(=O)NCCCOc1cc2ccccc2cc1C(=O)NCCO.CC(C)(C)OC(=O)NCCCOc1cc2ccccc2cc1C(=O)O.CCCCOc1cc2ccccc2cc1C(=O)CCCOc1nc2ccccc2cc1C(=O)O.CCCCOc1cc2ccccc2cc1C(=O)NCCOc1nc2ccccc2cc1C(=O)OCC.CCOC(=O)c1cc2ccccc2cc1O.NCCO.[Li+].[OH-]. The third-order valence-electron chi connectivity index (χ3n) is 20.8. The maximum atomic E-state index is 13.1. The molecule has 0 bridgehead atoms. The summed E-state index contributed by atoms with van der Waals surface area (Å²) in [4.78, 5) is 118. The quantitative estimate of drug-likeness (QED) is 0.00562. The summed E-state index contributed by atoms with van der Waals surface area (Å²) < 4.78 is 55.2. The Morgan fingerprint density at radius 1 is 0.338 bits per heavy atom. The van der Waals surface area contributed by atoms with Crippen LogP contribution in [0.3, 0.4) is 0 Å². The van der Waals surface area contributed by atoms with Crippen LogP contribution in [0.4, 0.5) is 9.59 Å². The zero-order chi connectivity index (χ0) is 103. The summed E-state index contributed by atoms with van der Waals surface area (Å²) in [6, 6.07) is 74.2. The van der Waals surface area contributed by atoms with Crippen molar-refractivity contribution in [1.82, 2.24) is 31.2 Å². The van der Waals surface area contributed by atoms with Crippen molar-refractivity contribution < 1.29 is 140 Å². The molecule has 33 heteroatoms. The van der Waals surface area contributed by atoms with Crippen LogP contribution >= 0.6 is 0 Å². The molecule has 762 valence electrons. The van der Waals surface area contributed by atoms with Crippen LogP contribution in [0.15, 0.2) is 243 Å². The first-order valence-corrected chi connectivity index (χ1v) is 47.5. The number of ether oxygens (including phenoxy) is 10. The number of nitrogens with two attached hydrogens (primary N) is 1. The number of alkyl carbamates (subject to hydrolysis) is 2. The van der Waals surface area contributed by atoms with E-state index in [1.165, 1.54) is 0 Å². The van der Waals surface area contributed by atoms with Crippen LogP contribution in [0.1, 0.15) is 193 Å². The summed E-state index contributed by atoms with van der Waals surface area (Å²) in [7, 11) is 0. The third-order valence-corrected chi connectivity index (χ3v) is 20.8. The average molecular weight is 1980 g/mol. The van der Waals surface area contributed by atoms with Crippen LogP contribution in [0.2, 0.25) is 0 Å². The number of fused-ring (bicyclic) bond motifs is 7. The number of carboxylic acid groups (broad SMARTS) is 2. The van der Waals surface area contributed by atoms with Crippen molar-refractivity contribution in [3.63, 3.8) is 0 Å². The van der Waals surface area contributed by atoms with Gasteiger partial charge in [0.1, 0.15) is 68.8 Å². The van der Waals surface area contributed by atoms with Crippen LogP contribution in [0, 0.1) is 0 Å². The zero-order valence-corrected chi connectivity index (χ0v) is 83.8. The molecule has 0 unspecified atom stereocenters. The standard InChI is InChI=1S/C29H30N2O5.C28H27NO5.C21H28N2O5.C19H23NO5.C13H12O3.C2H7NO.Li.H2O/c1-3-5-15-35-26-19-21-11-7-6-10-20(21)17-23(26)27(32)30-14-16-36-28-24(29(33)34-4-2)18-22-12-8-9-13-25(22)31-28;1-2-3-14-33-26-18-20-10-5-4-9-19(20)16-22(26)25(30)13-8-15-34-27-23(28(31)32)17-21-11-6-7-12-24(21)29-27;1-21(2,3)28-20(26)23-9-6-12-27-18-14-16-8-5-4-7-15(16)13-17(18)19(25)22-10-11-24;1-19(2,3)25-18(23)20-9-6-10-24-16-12-14-8-5-4-7-13(14)11-15(16)17(21)22;1-2-16-13(15)11-7-9-5-3-4-6-10(9)8-12(11)14;3-1-2-4;;/h6-13,17-19H,3-5,14-16H2,1-2H3,(H,30,32);4-7,9-12,16-18H,2-3,8,13-15H2,1H3,(H,31,32);4-5,7-8,13-14,24H,6,9-12H2,1-3H3,(H,22,25)(H,23,26);4-5,7-8,11-12H,6,9-10H2,1-3H3,(H,20,23)(H,21,22);3-8,14H,2H2,1H3;4H,1-3H2;;1H2/q;;;;;;+1;/p-1. The molecule has 0 saturated carbocycles. The minimum atomic E-state index is -1.10. The van der Waals surface area contributed by atoms with Crippen molar-refractivity contribution in [3.8, 4) is 40.5 Å². The largest absolute Gasteiger partial charge is 1.00 e. The van der Waals surface area contributed by atoms with Crippen LogP contribution in [-0.4, -0.2) is 205 Å². The molecule has 4 amide bonds. The second kappa shape index (κ2) is 60.3. The Morgan fingerprint density at radius 2 is 0.641 bits per heavy atom. The molecule has 0 aliphatic carbocycles. The first-order valence-electron chi connectivity index (χ1n) is 47.5. The minimum absolute atomic E-state index is 0. The van der Waals surface area contributed by atoms with Crippen LogP contribution in [0.25, 0.3) is 75.7 Å². The molecular weight excluding hydrogens is 1850 g/mol. The number of para-hydroxylation sites is 2. The van der Waals surface area contributed by atoms with Gasteiger partial charge in [-0.05, 0) is 226 Å². The number of carbonyl (C=O) groups is 9. The number of carbonyl (C=O) groups excluding carboxylic acids is 7. The van der Waals surface area contributed by atoms with E-state index in [9.17, 15) is 58.5 Å². The number of amides is 4. The molecule has 0 aliphatic rings. The number of esters is 2. The third kappa shape index (κ3) is 37.6. The molecule has 12 N–H and O–H groups in total. The Bertz CT molecular complexity index is 6650. The zero-order valence-electron chi connectivity index (χ0n) is 83.8. The first kappa shape index (κ1) is 117. The van der Waals surface area contributed by atoms with E-state index < -0.39 is 47.3 Å². The maximum Gasteiger partial charge on any atom is 1.00 e. The molecule has 0 aliphatic heterocycles.